The minimum absolute atomic E-state index is 0.473. The molecule has 0 aliphatic rings. The molecule has 0 radical (unpaired) electrons. The first-order valence-electron chi connectivity index (χ1n) is 5.61. The van der Waals surface area contributed by atoms with E-state index in [1.807, 2.05) is 6.07 Å². The molecule has 0 amide bonds. The molecule has 1 aromatic heterocycles. The van der Waals surface area contributed by atoms with E-state index in [0.717, 1.165) is 11.3 Å². The second-order valence-electron chi connectivity index (χ2n) is 3.90. The van der Waals surface area contributed by atoms with Crippen LogP contribution in [0.5, 0.6) is 0 Å². The summed E-state index contributed by atoms with van der Waals surface area (Å²) in [5.41, 5.74) is 6.21. The summed E-state index contributed by atoms with van der Waals surface area (Å²) in [5, 5.41) is 0.473. The summed E-state index contributed by atoms with van der Waals surface area (Å²) in [6.07, 6.45) is 1.01. The van der Waals surface area contributed by atoms with Gasteiger partial charge in [-0.05, 0) is 36.8 Å². The molecule has 18 heavy (non-hydrogen) atoms. The lowest BCUT2D eigenvalue weighted by Crippen LogP contribution is -1.96. The fourth-order valence-electron chi connectivity index (χ4n) is 1.60. The number of benzene rings is 1. The van der Waals surface area contributed by atoms with Gasteiger partial charge in [0.15, 0.2) is 0 Å². The molecule has 2 nitrogen and oxygen atoms in total. The van der Waals surface area contributed by atoms with Crippen LogP contribution in [-0.4, -0.2) is 4.21 Å². The van der Waals surface area contributed by atoms with Crippen LogP contribution in [0.25, 0.3) is 0 Å². The van der Waals surface area contributed by atoms with Gasteiger partial charge in [0.2, 0.25) is 0 Å². The topological polar surface area (TPSA) is 43.1 Å². The smallest absolute Gasteiger partial charge is 0.0627 e. The quantitative estimate of drug-likeness (QED) is 0.871. The van der Waals surface area contributed by atoms with Gasteiger partial charge in [-0.2, -0.15) is 0 Å². The van der Waals surface area contributed by atoms with Crippen molar-refractivity contribution in [1.29, 1.82) is 0 Å². The summed E-state index contributed by atoms with van der Waals surface area (Å²) in [7, 11) is -1.12. The van der Waals surface area contributed by atoms with Crippen LogP contribution >= 0.6 is 22.9 Å². The van der Waals surface area contributed by atoms with Crippen molar-refractivity contribution in [2.24, 2.45) is 0 Å². The standard InChI is InChI=1S/C13H14ClNOS2/c1-2-10-4-5-11(17-10)8-18(16)13-6-3-9(15)7-12(13)14/h3-7H,2,8,15H2,1H3. The highest BCUT2D eigenvalue weighted by molar-refractivity contribution is 7.84. The van der Waals surface area contributed by atoms with Crippen molar-refractivity contribution < 1.29 is 4.21 Å². The van der Waals surface area contributed by atoms with Gasteiger partial charge < -0.3 is 5.73 Å². The number of thiophene rings is 1. The van der Waals surface area contributed by atoms with Crippen LogP contribution in [0.1, 0.15) is 16.7 Å². The number of halogens is 1. The lowest BCUT2D eigenvalue weighted by atomic mass is 10.3. The molecule has 0 spiro atoms. The zero-order chi connectivity index (χ0) is 13.1. The van der Waals surface area contributed by atoms with Gasteiger partial charge in [0.05, 0.1) is 26.5 Å². The molecule has 2 rings (SSSR count). The predicted molar refractivity (Wildman–Crippen MR) is 79.7 cm³/mol. The van der Waals surface area contributed by atoms with Gasteiger partial charge in [-0.25, -0.2) is 0 Å². The highest BCUT2D eigenvalue weighted by atomic mass is 35.5. The van der Waals surface area contributed by atoms with Crippen LogP contribution in [0.4, 0.5) is 5.69 Å². The Kier molecular flexibility index (Phi) is 4.43. The second-order valence-corrected chi connectivity index (χ2v) is 6.98. The van der Waals surface area contributed by atoms with E-state index < -0.39 is 10.8 Å². The average Bonchev–Trinajstić information content (AvgIpc) is 2.76. The molecule has 96 valence electrons. The molecule has 2 N–H and O–H groups in total. The molecule has 1 atom stereocenters. The van der Waals surface area contributed by atoms with Gasteiger partial charge in [-0.15, -0.1) is 11.3 Å². The highest BCUT2D eigenvalue weighted by Gasteiger charge is 2.11. The fourth-order valence-corrected chi connectivity index (χ4v) is 4.36. The lowest BCUT2D eigenvalue weighted by molar-refractivity contribution is 0.683. The number of nitrogen functional groups attached to an aromatic ring is 1. The number of rotatable bonds is 4. The van der Waals surface area contributed by atoms with E-state index in [4.69, 9.17) is 17.3 Å². The highest BCUT2D eigenvalue weighted by Crippen LogP contribution is 2.26. The Morgan fingerprint density at radius 1 is 1.28 bits per heavy atom. The van der Waals surface area contributed by atoms with E-state index >= 15 is 0 Å². The first-order valence-corrected chi connectivity index (χ1v) is 8.12. The van der Waals surface area contributed by atoms with Gasteiger partial charge in [0.1, 0.15) is 0 Å². The Hall–Kier alpha value is -0.840. The normalized spacial score (nSPS) is 12.6. The Morgan fingerprint density at radius 2 is 2.00 bits per heavy atom. The van der Waals surface area contributed by atoms with Crippen LogP contribution in [0, 0.1) is 0 Å². The zero-order valence-electron chi connectivity index (χ0n) is 9.98. The number of nitrogens with two attached hydrogens (primary N) is 1. The number of aryl methyl sites for hydroxylation is 1. The summed E-state index contributed by atoms with van der Waals surface area (Å²) < 4.78 is 12.2. The molecule has 0 fully saturated rings. The molecule has 5 heteroatoms. The summed E-state index contributed by atoms with van der Waals surface area (Å²) in [4.78, 5) is 3.08. The van der Waals surface area contributed by atoms with Crippen molar-refractivity contribution in [3.8, 4) is 0 Å². The van der Waals surface area contributed by atoms with Crippen LogP contribution in [0.3, 0.4) is 0 Å². The van der Waals surface area contributed by atoms with E-state index in [1.54, 1.807) is 29.5 Å². The van der Waals surface area contributed by atoms with Gasteiger partial charge in [0, 0.05) is 15.4 Å². The Bertz CT molecular complexity index is 580. The Morgan fingerprint density at radius 3 is 2.61 bits per heavy atom. The van der Waals surface area contributed by atoms with Crippen LogP contribution in [0.15, 0.2) is 35.2 Å². The molecule has 0 aliphatic heterocycles. The summed E-state index contributed by atoms with van der Waals surface area (Å²) >= 11 is 7.76. The van der Waals surface area contributed by atoms with Gasteiger partial charge in [0.25, 0.3) is 0 Å². The summed E-state index contributed by atoms with van der Waals surface area (Å²) in [6, 6.07) is 9.22. The van der Waals surface area contributed by atoms with Crippen molar-refractivity contribution in [2.75, 3.05) is 5.73 Å². The second kappa shape index (κ2) is 5.87. The van der Waals surface area contributed by atoms with Crippen molar-refractivity contribution in [2.45, 2.75) is 24.0 Å². The fraction of sp³-hybridized carbons (Fsp3) is 0.231. The van der Waals surface area contributed by atoms with E-state index in [2.05, 4.69) is 13.0 Å². The maximum absolute atomic E-state index is 12.2. The minimum atomic E-state index is -1.12. The Labute approximate surface area is 118 Å². The molecule has 1 unspecified atom stereocenters. The molecule has 2 aromatic rings. The summed E-state index contributed by atoms with van der Waals surface area (Å²) in [5.74, 6) is 0.508. The number of hydrogen-bond donors (Lipinski definition) is 1. The van der Waals surface area contributed by atoms with E-state index in [0.29, 0.717) is 21.4 Å². The molecular weight excluding hydrogens is 286 g/mol. The largest absolute Gasteiger partial charge is 0.399 e. The van der Waals surface area contributed by atoms with Crippen LogP contribution in [0.2, 0.25) is 5.02 Å². The van der Waals surface area contributed by atoms with Gasteiger partial charge in [-0.1, -0.05) is 18.5 Å². The molecule has 0 bridgehead atoms. The molecule has 1 aromatic carbocycles. The van der Waals surface area contributed by atoms with Crippen LogP contribution < -0.4 is 5.73 Å². The van der Waals surface area contributed by atoms with Crippen molar-refractivity contribution in [3.05, 3.63) is 45.1 Å². The monoisotopic (exact) mass is 299 g/mol. The van der Waals surface area contributed by atoms with E-state index in [1.165, 1.54) is 4.88 Å². The minimum Gasteiger partial charge on any atom is -0.399 e. The SMILES string of the molecule is CCc1ccc(CS(=O)c2ccc(N)cc2Cl)s1. The number of anilines is 1. The third-order valence-electron chi connectivity index (χ3n) is 2.54. The van der Waals surface area contributed by atoms with Crippen LogP contribution in [-0.2, 0) is 23.0 Å². The molecule has 0 saturated carbocycles. The average molecular weight is 300 g/mol. The molecular formula is C13H14ClNOS2. The van der Waals surface area contributed by atoms with E-state index in [-0.39, 0.29) is 0 Å². The first kappa shape index (κ1) is 13.6. The van der Waals surface area contributed by atoms with Crippen molar-refractivity contribution in [3.63, 3.8) is 0 Å². The third kappa shape index (κ3) is 3.13. The van der Waals surface area contributed by atoms with Crippen molar-refractivity contribution >= 4 is 39.4 Å². The van der Waals surface area contributed by atoms with E-state index in [9.17, 15) is 4.21 Å². The Balaban J connectivity index is 2.16. The lowest BCUT2D eigenvalue weighted by Gasteiger charge is -2.04. The third-order valence-corrected chi connectivity index (χ3v) is 5.80. The van der Waals surface area contributed by atoms with Crippen molar-refractivity contribution in [1.82, 2.24) is 0 Å². The molecule has 0 aliphatic carbocycles. The maximum Gasteiger partial charge on any atom is 0.0627 e. The van der Waals surface area contributed by atoms with Gasteiger partial charge >= 0.3 is 0 Å². The summed E-state index contributed by atoms with van der Waals surface area (Å²) in [6.45, 7) is 2.11. The predicted octanol–water partition coefficient (Wildman–Crippen LogP) is 3.85. The molecule has 1 heterocycles. The number of hydrogen-bond acceptors (Lipinski definition) is 3. The zero-order valence-corrected chi connectivity index (χ0v) is 12.4. The maximum atomic E-state index is 12.2. The van der Waals surface area contributed by atoms with Gasteiger partial charge in [-0.3, -0.25) is 4.21 Å². The molecule has 0 saturated heterocycles. The first-order chi connectivity index (χ1) is 8.60.